The minimum atomic E-state index is -0.621. The lowest BCUT2D eigenvalue weighted by Gasteiger charge is -2.16. The second-order valence-electron chi connectivity index (χ2n) is 25.6. The molecule has 0 fully saturated rings. The maximum absolute atomic E-state index is 13.7. The van der Waals surface area contributed by atoms with E-state index in [9.17, 15) is 28.8 Å². The Morgan fingerprint density at radius 1 is 0.336 bits per heavy atom. The summed E-state index contributed by atoms with van der Waals surface area (Å²) in [5, 5.41) is 4.86. The Balaban J connectivity index is 0.000000147. The number of amides is 5. The number of aromatic nitrogens is 15. The van der Waals surface area contributed by atoms with E-state index in [0.29, 0.717) is 45.1 Å². The predicted octanol–water partition coefficient (Wildman–Crippen LogP) is 15.3. The lowest BCUT2D eigenvalue weighted by atomic mass is 10.1. The molecule has 5 amide bonds. The molecule has 119 heavy (non-hydrogen) atoms. The van der Waals surface area contributed by atoms with Crippen molar-refractivity contribution < 1.29 is 28.8 Å². The first-order chi connectivity index (χ1) is 58.2. The first-order valence-electron chi connectivity index (χ1n) is 36.7. The standard InChI is InChI=1S/C41H29N7O3.C27H21N7O2.C14H11N7.C9H7ClO/c49-35(21-18-29-11-4-1-5-12-29)46-41-44-28-25-34-38(32-17-10-26-42-39(32)47(34)41)33-24-27-43-40(45-33)48(36(50)22-19-30-13-6-2-7-14-30)37(51)23-20-31-15-8-3-9-16-31;1-2-7-22(35)34(23(36)12-11-18-8-4-3-5-9-18)27-31-16-13-20(32-27)24-19-10-6-15-29-25(19)33-21(24)14-17-30-26(33)28;15-13-18-6-3-9(20-13)11-8-2-1-5-17-12(8)21-10(11)4-7-19-14(21)16;10-9(11)7-6-8-4-2-1-3-5-8/h1-28H,(H,44,46,49);2-17H,1H3,(H2,28,30);1-7H,(H2,16,19)(H2,15,18,20);1-7H/b21-18?,22-19+,23-20+;7-2+,12-11+;;7-6-. The number of nitrogens with zero attached hydrogens (tertiary/aromatic N) is 17. The van der Waals surface area contributed by atoms with Crippen LogP contribution < -0.4 is 32.3 Å². The van der Waals surface area contributed by atoms with E-state index < -0.39 is 28.9 Å². The summed E-state index contributed by atoms with van der Waals surface area (Å²) in [5.41, 5.74) is 30.2. The lowest BCUT2D eigenvalue weighted by molar-refractivity contribution is -0.123. The molecule has 0 aliphatic rings. The quantitative estimate of drug-likeness (QED) is 0.0486. The summed E-state index contributed by atoms with van der Waals surface area (Å²) in [6.45, 7) is 1.70. The van der Waals surface area contributed by atoms with Gasteiger partial charge in [0, 0.05) is 113 Å². The van der Waals surface area contributed by atoms with Crippen LogP contribution in [-0.2, 0) is 28.8 Å². The molecule has 17 aromatic rings. The number of halogens is 1. The van der Waals surface area contributed by atoms with Gasteiger partial charge in [0.15, 0.2) is 0 Å². The maximum atomic E-state index is 13.7. The molecule has 0 atom stereocenters. The topological polar surface area (TPSA) is 367 Å². The third-order valence-corrected chi connectivity index (χ3v) is 18.0. The van der Waals surface area contributed by atoms with Gasteiger partial charge in [0.05, 0.1) is 33.6 Å². The number of pyridine rings is 3. The van der Waals surface area contributed by atoms with Crippen molar-refractivity contribution in [2.75, 3.05) is 32.3 Å². The van der Waals surface area contributed by atoms with Gasteiger partial charge in [0.1, 0.15) is 16.9 Å². The highest BCUT2D eigenvalue weighted by Gasteiger charge is 2.28. The van der Waals surface area contributed by atoms with E-state index in [1.807, 2.05) is 205 Å². The molecule has 27 nitrogen and oxygen atoms in total. The van der Waals surface area contributed by atoms with E-state index in [1.165, 1.54) is 48.8 Å². The fourth-order valence-corrected chi connectivity index (χ4v) is 12.8. The zero-order valence-electron chi connectivity index (χ0n) is 63.1. The molecule has 0 unspecified atom stereocenters. The molecule has 7 N–H and O–H groups in total. The number of benzene rings is 5. The highest BCUT2D eigenvalue weighted by molar-refractivity contribution is 6.66. The average Bonchev–Trinajstić information content (AvgIpc) is 1.61. The first kappa shape index (κ1) is 78.9. The Labute approximate surface area is 683 Å². The Morgan fingerprint density at radius 2 is 0.664 bits per heavy atom. The van der Waals surface area contributed by atoms with E-state index in [-0.39, 0.29) is 35.6 Å². The minimum absolute atomic E-state index is 0.0447. The van der Waals surface area contributed by atoms with Gasteiger partial charge in [-0.1, -0.05) is 164 Å². The van der Waals surface area contributed by atoms with Crippen LogP contribution in [0.4, 0.5) is 35.7 Å². The fraction of sp³-hybridized carbons (Fsp3) is 0.0110. The predicted molar refractivity (Wildman–Crippen MR) is 464 cm³/mol. The van der Waals surface area contributed by atoms with Gasteiger partial charge in [-0.05, 0) is 156 Å². The van der Waals surface area contributed by atoms with E-state index in [4.69, 9.17) is 33.8 Å². The van der Waals surface area contributed by atoms with Crippen molar-refractivity contribution in [3.05, 3.63) is 351 Å². The second-order valence-corrected chi connectivity index (χ2v) is 26.0. The van der Waals surface area contributed by atoms with Gasteiger partial charge in [0.25, 0.3) is 29.5 Å². The third kappa shape index (κ3) is 18.5. The lowest BCUT2D eigenvalue weighted by Crippen LogP contribution is -2.36. The molecule has 17 rings (SSSR count). The number of hydrogen-bond donors (Lipinski definition) is 4. The van der Waals surface area contributed by atoms with E-state index in [0.717, 1.165) is 81.9 Å². The maximum Gasteiger partial charge on any atom is 0.260 e. The molecule has 0 saturated carbocycles. The van der Waals surface area contributed by atoms with Gasteiger partial charge < -0.3 is 17.2 Å². The largest absolute Gasteiger partial charge is 0.369 e. The van der Waals surface area contributed by atoms with E-state index in [1.54, 1.807) is 120 Å². The van der Waals surface area contributed by atoms with Crippen LogP contribution in [0.15, 0.2) is 323 Å². The van der Waals surface area contributed by atoms with Crippen molar-refractivity contribution in [1.82, 2.24) is 73.0 Å². The molecule has 0 bridgehead atoms. The molecule has 0 aliphatic carbocycles. The summed E-state index contributed by atoms with van der Waals surface area (Å²) in [6, 6.07) is 68.9. The number of allylic oxidation sites excluding steroid dienone is 2. The van der Waals surface area contributed by atoms with Crippen molar-refractivity contribution in [2.45, 2.75) is 6.92 Å². The molecule has 0 saturated heterocycles. The molecule has 12 heterocycles. The second kappa shape index (κ2) is 37.2. The van der Waals surface area contributed by atoms with Gasteiger partial charge in [-0.2, -0.15) is 0 Å². The number of nitrogen functional groups attached to an aromatic ring is 3. The Bertz CT molecular complexity index is 6760. The number of carbonyl (C=O) groups is 6. The molecule has 5 aromatic carbocycles. The van der Waals surface area contributed by atoms with E-state index >= 15 is 0 Å². The third-order valence-electron chi connectivity index (χ3n) is 17.9. The van der Waals surface area contributed by atoms with Gasteiger partial charge >= 0.3 is 0 Å². The van der Waals surface area contributed by atoms with Crippen LogP contribution in [0.25, 0.3) is 114 Å². The molecule has 0 radical (unpaired) electrons. The number of hydrogen-bond acceptors (Lipinski definition) is 21. The Morgan fingerprint density at radius 3 is 1.04 bits per heavy atom. The molecule has 0 aliphatic heterocycles. The van der Waals surface area contributed by atoms with Crippen LogP contribution in [0.3, 0.4) is 0 Å². The fourth-order valence-electron chi connectivity index (χ4n) is 12.7. The number of rotatable bonds is 17. The van der Waals surface area contributed by atoms with Crippen molar-refractivity contribution in [2.24, 2.45) is 0 Å². The van der Waals surface area contributed by atoms with Gasteiger partial charge in [0.2, 0.25) is 40.9 Å². The monoisotopic (exact) mass is 1590 g/mol. The van der Waals surface area contributed by atoms with Crippen LogP contribution >= 0.6 is 11.6 Å². The van der Waals surface area contributed by atoms with Crippen LogP contribution in [0, 0.1) is 0 Å². The Kier molecular flexibility index (Phi) is 24.7. The number of nitrogens with two attached hydrogens (primary N) is 3. The average molecular weight is 1590 g/mol. The highest BCUT2D eigenvalue weighted by Crippen LogP contribution is 2.38. The number of nitrogens with one attached hydrogen (secondary N) is 1. The smallest absolute Gasteiger partial charge is 0.260 e. The zero-order chi connectivity index (χ0) is 82.6. The zero-order valence-corrected chi connectivity index (χ0v) is 63.9. The van der Waals surface area contributed by atoms with Gasteiger partial charge in [-0.3, -0.25) is 47.3 Å². The molecule has 580 valence electrons. The molecule has 0 spiro atoms. The summed E-state index contributed by atoms with van der Waals surface area (Å²) in [4.78, 5) is 131. The van der Waals surface area contributed by atoms with Crippen LogP contribution in [0.1, 0.15) is 34.7 Å². The van der Waals surface area contributed by atoms with E-state index in [2.05, 4.69) is 60.1 Å². The van der Waals surface area contributed by atoms with Crippen molar-refractivity contribution in [3.8, 4) is 33.8 Å². The summed E-state index contributed by atoms with van der Waals surface area (Å²) in [7, 11) is 0. The van der Waals surface area contributed by atoms with Crippen molar-refractivity contribution in [1.29, 1.82) is 0 Å². The number of carbonyl (C=O) groups excluding carboxylic acids is 6. The molecule has 12 aromatic heterocycles. The first-order valence-corrected chi connectivity index (χ1v) is 37.1. The minimum Gasteiger partial charge on any atom is -0.369 e. The van der Waals surface area contributed by atoms with Gasteiger partial charge in [-0.15, -0.1) is 0 Å². The van der Waals surface area contributed by atoms with Crippen molar-refractivity contribution >= 4 is 162 Å². The Hall–Kier alpha value is -16.8. The summed E-state index contributed by atoms with van der Waals surface area (Å²) in [5.74, 6) is -1.75. The number of imide groups is 2. The molecule has 28 heteroatoms. The van der Waals surface area contributed by atoms with Gasteiger partial charge in [-0.25, -0.2) is 69.6 Å². The number of fused-ring (bicyclic) bond motifs is 9. The molecular formula is C91H68ClN21O6. The van der Waals surface area contributed by atoms with Crippen LogP contribution in [0.2, 0.25) is 0 Å². The number of anilines is 6. The van der Waals surface area contributed by atoms with Crippen LogP contribution in [-0.4, -0.2) is 108 Å². The van der Waals surface area contributed by atoms with Crippen molar-refractivity contribution in [3.63, 3.8) is 0 Å². The SMILES string of the molecule is C/C=C/C(=O)N(C(=O)/C=C/c1ccccc1)c1nccc(-c2c3cccnc3n3c(N)nccc23)n1.Nc1nccc(-c2c3cccnc3n3c(N)nccc23)n1.O=C(C=Cc1ccccc1)Nc1nccc2c(-c3ccnc(N(C(=O)/C=C/c4ccccc4)C(=O)/C=C/c4ccccc4)n3)c3cccnc3n12.O=C(Cl)/C=C\c1ccccc1. The summed E-state index contributed by atoms with van der Waals surface area (Å²) in [6.07, 6.45) is 32.4. The molecular weight excluding hydrogens is 1520 g/mol. The normalized spacial score (nSPS) is 11.4. The summed E-state index contributed by atoms with van der Waals surface area (Å²) >= 11 is 5.10. The highest BCUT2D eigenvalue weighted by atomic mass is 35.5. The van der Waals surface area contributed by atoms with Crippen LogP contribution in [0.5, 0.6) is 0 Å². The summed E-state index contributed by atoms with van der Waals surface area (Å²) < 4.78 is 5.28.